The molecule has 0 bridgehead atoms. The number of halogens is 4. The first-order chi connectivity index (χ1) is 30.4. The number of rotatable bonds is 18. The summed E-state index contributed by atoms with van der Waals surface area (Å²) in [5.74, 6) is 0. The van der Waals surface area contributed by atoms with E-state index in [0.29, 0.717) is 10.8 Å². The van der Waals surface area contributed by atoms with Crippen LogP contribution < -0.4 is 0 Å². The molecule has 4 aromatic rings. The predicted octanol–water partition coefficient (Wildman–Crippen LogP) is 18.8. The van der Waals surface area contributed by atoms with Crippen molar-refractivity contribution in [3.05, 3.63) is 129 Å². The molecule has 4 aliphatic carbocycles. The molecule has 2 saturated carbocycles. The number of hydrogen-bond acceptors (Lipinski definition) is 0. The molecule has 4 aliphatic rings. The van der Waals surface area contributed by atoms with Gasteiger partial charge in [0.15, 0.2) is 0 Å². The Morgan fingerprint density at radius 3 is 1.24 bits per heavy atom. The molecule has 0 spiro atoms. The molecule has 0 heterocycles. The van der Waals surface area contributed by atoms with Crippen LogP contribution in [-0.4, -0.2) is 9.52 Å². The van der Waals surface area contributed by atoms with E-state index >= 15 is 0 Å². The van der Waals surface area contributed by atoms with Gasteiger partial charge in [0.2, 0.25) is 0 Å². The summed E-state index contributed by atoms with van der Waals surface area (Å²) >= 11 is -7.73. The maximum atomic E-state index is 8.13. The van der Waals surface area contributed by atoms with Crippen molar-refractivity contribution in [2.24, 2.45) is 10.8 Å². The molecular formula is C56H72Cl4SiZr2. The van der Waals surface area contributed by atoms with Gasteiger partial charge in [-0.3, -0.25) is 0 Å². The van der Waals surface area contributed by atoms with Crippen LogP contribution in [0.25, 0.3) is 34.4 Å². The fourth-order valence-electron chi connectivity index (χ4n) is 13.0. The van der Waals surface area contributed by atoms with Crippen LogP contribution in [0.3, 0.4) is 0 Å². The fraction of sp³-hybridized carbons (Fsp3) is 0.500. The first kappa shape index (κ1) is 48.9. The Bertz CT molecular complexity index is 2080. The predicted molar refractivity (Wildman–Crippen MR) is 276 cm³/mol. The van der Waals surface area contributed by atoms with E-state index in [1.165, 1.54) is 146 Å². The van der Waals surface area contributed by atoms with Crippen LogP contribution in [0.4, 0.5) is 0 Å². The van der Waals surface area contributed by atoms with E-state index in [4.69, 9.17) is 34.1 Å². The van der Waals surface area contributed by atoms with Crippen LogP contribution in [0.15, 0.2) is 96.1 Å². The van der Waals surface area contributed by atoms with Crippen LogP contribution >= 0.6 is 34.1 Å². The van der Waals surface area contributed by atoms with E-state index in [2.05, 4.69) is 125 Å². The molecule has 0 aliphatic heterocycles. The second-order valence-electron chi connectivity index (χ2n) is 20.4. The summed E-state index contributed by atoms with van der Waals surface area (Å²) < 4.78 is 2.37. The van der Waals surface area contributed by atoms with Crippen LogP contribution in [0, 0.1) is 10.8 Å². The van der Waals surface area contributed by atoms with Gasteiger partial charge >= 0.3 is 412 Å². The Morgan fingerprint density at radius 1 is 0.508 bits per heavy atom. The van der Waals surface area contributed by atoms with E-state index in [1.54, 1.807) is 11.1 Å². The summed E-state index contributed by atoms with van der Waals surface area (Å²) in [7, 11) is 31.8. The third-order valence-corrected chi connectivity index (χ3v) is 59.2. The first-order valence-electron chi connectivity index (χ1n) is 25.1. The first-order valence-corrected chi connectivity index (χ1v) is 46.0. The minimum absolute atomic E-state index is 0.176. The van der Waals surface area contributed by atoms with E-state index < -0.39 is 45.3 Å². The summed E-state index contributed by atoms with van der Waals surface area (Å²) in [5, 5.41) is 0. The molecule has 4 aromatic carbocycles. The zero-order valence-electron chi connectivity index (χ0n) is 38.8. The molecule has 63 heavy (non-hydrogen) atoms. The van der Waals surface area contributed by atoms with Crippen LogP contribution in [0.2, 0.25) is 7.50 Å². The van der Waals surface area contributed by atoms with Gasteiger partial charge in [-0.15, -0.1) is 0 Å². The Morgan fingerprint density at radius 2 is 0.889 bits per heavy atom. The second kappa shape index (κ2) is 21.4. The van der Waals surface area contributed by atoms with E-state index in [1.807, 2.05) is 0 Å². The SMILES string of the molecule is CCCC1(CC2=Cc3c(-c4ccc(CC)cc4)cccc3[CH]2[Zr]([Cl])([Cl])[CH2][SiH2][CH2][Zr]([Cl])([Cl])[CH]2C(CC3(CCC)CCCCC3)=Cc3c(-c4ccc(CC)cc4)cccc32)CCCCC1. The van der Waals surface area contributed by atoms with Gasteiger partial charge in [0, 0.05) is 0 Å². The minimum atomic E-state index is -3.87. The zero-order valence-corrected chi connectivity index (χ0v) is 48.1. The van der Waals surface area contributed by atoms with Crippen LogP contribution in [0.1, 0.15) is 171 Å². The molecule has 7 heteroatoms. The average Bonchev–Trinajstić information content (AvgIpc) is 3.85. The van der Waals surface area contributed by atoms with Gasteiger partial charge in [0.05, 0.1) is 0 Å². The van der Waals surface area contributed by atoms with Gasteiger partial charge in [0.25, 0.3) is 0 Å². The average molecular weight is 1100 g/mol. The van der Waals surface area contributed by atoms with Crippen molar-refractivity contribution in [2.45, 2.75) is 158 Å². The Hall–Kier alpha value is -0.497. The van der Waals surface area contributed by atoms with Gasteiger partial charge < -0.3 is 0 Å². The molecule has 0 radical (unpaired) electrons. The molecular weight excluding hydrogens is 1020 g/mol. The molecule has 0 N–H and O–H groups in total. The van der Waals surface area contributed by atoms with Crippen molar-refractivity contribution < 1.29 is 35.8 Å². The number of aryl methyl sites for hydroxylation is 2. The molecule has 2 atom stereocenters. The number of allylic oxidation sites excluding steroid dienone is 2. The maximum absolute atomic E-state index is 8.13. The van der Waals surface area contributed by atoms with Gasteiger partial charge in [-0.1, -0.05) is 0 Å². The number of hydrogen-bond donors (Lipinski definition) is 0. The Kier molecular flexibility index (Phi) is 16.6. The summed E-state index contributed by atoms with van der Waals surface area (Å²) in [6, 6.07) is 32.4. The fourth-order valence-corrected chi connectivity index (χ4v) is 57.5. The van der Waals surface area contributed by atoms with Crippen molar-refractivity contribution in [2.75, 3.05) is 0 Å². The molecule has 0 saturated heterocycles. The van der Waals surface area contributed by atoms with Gasteiger partial charge in [-0.2, -0.15) is 0 Å². The van der Waals surface area contributed by atoms with Crippen LogP contribution in [0.5, 0.6) is 0 Å². The molecule has 2 fully saturated rings. The van der Waals surface area contributed by atoms with Crippen LogP contribution in [-0.2, 0) is 48.6 Å². The number of benzene rings is 4. The van der Waals surface area contributed by atoms with Crippen molar-refractivity contribution >= 4 is 55.7 Å². The van der Waals surface area contributed by atoms with E-state index in [0.717, 1.165) is 33.2 Å². The zero-order chi connectivity index (χ0) is 44.2. The number of fused-ring (bicyclic) bond motifs is 2. The monoisotopic (exact) mass is 1090 g/mol. The molecule has 0 aromatic heterocycles. The third-order valence-electron chi connectivity index (χ3n) is 16.1. The molecule has 0 amide bonds. The normalized spacial score (nSPS) is 20.8. The molecule has 336 valence electrons. The van der Waals surface area contributed by atoms with E-state index in [9.17, 15) is 0 Å². The van der Waals surface area contributed by atoms with E-state index in [-0.39, 0.29) is 7.25 Å². The quantitative estimate of drug-likeness (QED) is 0.0871. The molecule has 8 rings (SSSR count). The summed E-state index contributed by atoms with van der Waals surface area (Å²) in [6.45, 7) is 9.23. The molecule has 0 nitrogen and oxygen atoms in total. The van der Waals surface area contributed by atoms with Gasteiger partial charge in [-0.05, 0) is 0 Å². The summed E-state index contributed by atoms with van der Waals surface area (Å²) in [5.41, 5.74) is 17.3. The van der Waals surface area contributed by atoms with Crippen molar-refractivity contribution in [1.29, 1.82) is 0 Å². The summed E-state index contributed by atoms with van der Waals surface area (Å²) in [6.07, 6.45) is 28.0. The van der Waals surface area contributed by atoms with Crippen molar-refractivity contribution in [1.82, 2.24) is 0 Å². The van der Waals surface area contributed by atoms with Gasteiger partial charge in [-0.25, -0.2) is 0 Å². The third kappa shape index (κ3) is 10.9. The standard InChI is InChI=1S/2C27H33.C2H6Si.4ClH.2Zr/c2*1-3-15-27(16-6-5-7-17-27)20-22-18-24-9-8-10-25(26(24)19-22)23-13-11-21(4-2)12-14-23;1-3-2;;;;;;/h2*8-14,18-19H,3-7,15-17,20H2,1-2H3;1-3H2;4*1H;;/q;;;;;;;2*+2/p-4. The molecule has 2 unspecified atom stereocenters. The second-order valence-corrected chi connectivity index (χ2v) is 58.0. The topological polar surface area (TPSA) is 0 Å². The summed E-state index contributed by atoms with van der Waals surface area (Å²) in [4.78, 5) is 0. The Labute approximate surface area is 407 Å². The van der Waals surface area contributed by atoms with Crippen molar-refractivity contribution in [3.8, 4) is 22.3 Å². The Balaban J connectivity index is 1.10. The van der Waals surface area contributed by atoms with Gasteiger partial charge in [0.1, 0.15) is 0 Å². The van der Waals surface area contributed by atoms with Crippen molar-refractivity contribution in [3.63, 3.8) is 0 Å².